The molecular formula is C31H40O3. The third-order valence-electron chi connectivity index (χ3n) is 6.82. The molecule has 0 aliphatic rings. The summed E-state index contributed by atoms with van der Waals surface area (Å²) in [5.74, 6) is 1.41. The van der Waals surface area contributed by atoms with Gasteiger partial charge in [0.15, 0.2) is 11.6 Å². The van der Waals surface area contributed by atoms with E-state index in [9.17, 15) is 9.59 Å². The van der Waals surface area contributed by atoms with Crippen molar-refractivity contribution in [3.63, 3.8) is 0 Å². The predicted octanol–water partition coefficient (Wildman–Crippen LogP) is 8.75. The molecule has 0 saturated heterocycles. The van der Waals surface area contributed by atoms with Gasteiger partial charge < -0.3 is 4.42 Å². The smallest absolute Gasteiger partial charge is 0.197 e. The summed E-state index contributed by atoms with van der Waals surface area (Å²) >= 11 is 0. The molecule has 0 amide bonds. The average Bonchev–Trinajstić information content (AvgIpc) is 3.21. The Labute approximate surface area is 204 Å². The van der Waals surface area contributed by atoms with Crippen molar-refractivity contribution in [3.05, 3.63) is 70.5 Å². The fraction of sp³-hybridized carbons (Fsp3) is 0.484. The average molecular weight is 461 g/mol. The number of aryl methyl sites for hydroxylation is 1. The molecular weight excluding hydrogens is 420 g/mol. The van der Waals surface area contributed by atoms with E-state index in [0.717, 1.165) is 36.8 Å². The van der Waals surface area contributed by atoms with Crippen molar-refractivity contribution >= 4 is 22.5 Å². The summed E-state index contributed by atoms with van der Waals surface area (Å²) in [7, 11) is 0. The number of hydrogen-bond acceptors (Lipinski definition) is 3. The van der Waals surface area contributed by atoms with Crippen molar-refractivity contribution in [2.75, 3.05) is 0 Å². The highest BCUT2D eigenvalue weighted by molar-refractivity contribution is 6.17. The van der Waals surface area contributed by atoms with E-state index < -0.39 is 0 Å². The minimum atomic E-state index is -0.0226. The van der Waals surface area contributed by atoms with Gasteiger partial charge >= 0.3 is 0 Å². The summed E-state index contributed by atoms with van der Waals surface area (Å²) < 4.78 is 6.10. The lowest BCUT2D eigenvalue weighted by atomic mass is 9.89. The number of furan rings is 1. The highest BCUT2D eigenvalue weighted by Gasteiger charge is 2.22. The van der Waals surface area contributed by atoms with Crippen LogP contribution in [0.3, 0.4) is 0 Å². The van der Waals surface area contributed by atoms with Gasteiger partial charge in [0.1, 0.15) is 11.3 Å². The summed E-state index contributed by atoms with van der Waals surface area (Å²) in [4.78, 5) is 25.6. The quantitative estimate of drug-likeness (QED) is 0.226. The SMILES string of the molecule is CCCCc1oc2ccc(C(C)=O)cc2c1C(=O)c1ccc(CC(CCCC)CCCC)cc1. The third kappa shape index (κ3) is 6.46. The van der Waals surface area contributed by atoms with Crippen LogP contribution in [-0.4, -0.2) is 11.6 Å². The van der Waals surface area contributed by atoms with Gasteiger partial charge in [-0.25, -0.2) is 0 Å². The van der Waals surface area contributed by atoms with E-state index in [0.29, 0.717) is 28.2 Å². The molecule has 0 radical (unpaired) electrons. The molecule has 34 heavy (non-hydrogen) atoms. The van der Waals surface area contributed by atoms with Gasteiger partial charge in [-0.3, -0.25) is 9.59 Å². The van der Waals surface area contributed by atoms with E-state index in [-0.39, 0.29) is 11.6 Å². The maximum Gasteiger partial charge on any atom is 0.197 e. The number of fused-ring (bicyclic) bond motifs is 1. The largest absolute Gasteiger partial charge is 0.460 e. The van der Waals surface area contributed by atoms with Crippen LogP contribution in [0, 0.1) is 5.92 Å². The molecule has 3 aromatic rings. The summed E-state index contributed by atoms with van der Waals surface area (Å²) in [5, 5.41) is 0.743. The van der Waals surface area contributed by atoms with Gasteiger partial charge in [0.05, 0.1) is 5.56 Å². The van der Waals surface area contributed by atoms with Gasteiger partial charge in [0, 0.05) is 22.9 Å². The number of carbonyl (C=O) groups excluding carboxylic acids is 2. The summed E-state index contributed by atoms with van der Waals surface area (Å²) in [6.45, 7) is 8.19. The van der Waals surface area contributed by atoms with Crippen molar-refractivity contribution in [3.8, 4) is 0 Å². The molecule has 182 valence electrons. The zero-order valence-corrected chi connectivity index (χ0v) is 21.4. The number of carbonyl (C=O) groups is 2. The van der Waals surface area contributed by atoms with Gasteiger partial charge in [-0.15, -0.1) is 0 Å². The number of rotatable bonds is 14. The van der Waals surface area contributed by atoms with Gasteiger partial charge in [0.25, 0.3) is 0 Å². The van der Waals surface area contributed by atoms with Gasteiger partial charge in [0.2, 0.25) is 0 Å². The molecule has 0 N–H and O–H groups in total. The Morgan fingerprint density at radius 3 is 2.03 bits per heavy atom. The molecule has 1 heterocycles. The summed E-state index contributed by atoms with van der Waals surface area (Å²) in [6, 6.07) is 13.6. The van der Waals surface area contributed by atoms with E-state index in [4.69, 9.17) is 4.42 Å². The van der Waals surface area contributed by atoms with Crippen LogP contribution in [-0.2, 0) is 12.8 Å². The van der Waals surface area contributed by atoms with E-state index >= 15 is 0 Å². The van der Waals surface area contributed by atoms with Gasteiger partial charge in [-0.1, -0.05) is 90.0 Å². The molecule has 0 saturated carbocycles. The lowest BCUT2D eigenvalue weighted by Gasteiger charge is -2.16. The molecule has 0 unspecified atom stereocenters. The Kier molecular flexibility index (Phi) is 9.68. The topological polar surface area (TPSA) is 47.3 Å². The van der Waals surface area contributed by atoms with E-state index in [1.165, 1.54) is 44.1 Å². The lowest BCUT2D eigenvalue weighted by molar-refractivity contribution is 0.101. The van der Waals surface area contributed by atoms with Gasteiger partial charge in [-0.05, 0) is 49.4 Å². The number of benzene rings is 2. The van der Waals surface area contributed by atoms with Crippen molar-refractivity contribution in [1.29, 1.82) is 0 Å². The molecule has 1 aromatic heterocycles. The standard InChI is InChI=1S/C31H40O3/c1-5-8-11-23(12-9-6-2)20-24-14-16-25(17-15-24)31(33)30-27-21-26(22(4)32)18-19-28(27)34-29(30)13-10-7-3/h14-19,21,23H,5-13,20H2,1-4H3. The second kappa shape index (κ2) is 12.7. The van der Waals surface area contributed by atoms with Gasteiger partial charge in [-0.2, -0.15) is 0 Å². The summed E-state index contributed by atoms with van der Waals surface area (Å²) in [6.07, 6.45) is 11.4. The van der Waals surface area contributed by atoms with Crippen LogP contribution in [0.1, 0.15) is 117 Å². The number of ketones is 2. The molecule has 3 rings (SSSR count). The van der Waals surface area contributed by atoms with Crippen LogP contribution < -0.4 is 0 Å². The molecule has 2 aromatic carbocycles. The minimum absolute atomic E-state index is 0.0124. The van der Waals surface area contributed by atoms with Crippen LogP contribution >= 0.6 is 0 Å². The fourth-order valence-electron chi connectivity index (χ4n) is 4.73. The first-order valence-corrected chi connectivity index (χ1v) is 13.2. The molecule has 0 aliphatic carbocycles. The molecule has 0 fully saturated rings. The first-order valence-electron chi connectivity index (χ1n) is 13.2. The Morgan fingerprint density at radius 2 is 1.44 bits per heavy atom. The maximum atomic E-state index is 13.7. The normalized spacial score (nSPS) is 11.4. The zero-order chi connectivity index (χ0) is 24.5. The van der Waals surface area contributed by atoms with Crippen LogP contribution in [0.15, 0.2) is 46.9 Å². The molecule has 0 atom stereocenters. The van der Waals surface area contributed by atoms with E-state index in [1.54, 1.807) is 13.0 Å². The highest BCUT2D eigenvalue weighted by Crippen LogP contribution is 2.31. The number of Topliss-reactive ketones (excluding diaryl/α,β-unsaturated/α-hetero) is 1. The van der Waals surface area contributed by atoms with E-state index in [2.05, 4.69) is 32.9 Å². The Hall–Kier alpha value is -2.68. The number of hydrogen-bond donors (Lipinski definition) is 0. The van der Waals surface area contributed by atoms with E-state index in [1.807, 2.05) is 24.3 Å². The van der Waals surface area contributed by atoms with Crippen LogP contribution in [0.25, 0.3) is 11.0 Å². The first kappa shape index (κ1) is 25.9. The zero-order valence-electron chi connectivity index (χ0n) is 21.4. The monoisotopic (exact) mass is 460 g/mol. The van der Waals surface area contributed by atoms with Crippen molar-refractivity contribution in [2.45, 2.75) is 91.9 Å². The Morgan fingerprint density at radius 1 is 0.824 bits per heavy atom. The van der Waals surface area contributed by atoms with Crippen molar-refractivity contribution in [1.82, 2.24) is 0 Å². The third-order valence-corrected chi connectivity index (χ3v) is 6.82. The number of unbranched alkanes of at least 4 members (excludes halogenated alkanes) is 3. The molecule has 3 nitrogen and oxygen atoms in total. The second-order valence-corrected chi connectivity index (χ2v) is 9.65. The highest BCUT2D eigenvalue weighted by atomic mass is 16.3. The Bertz CT molecular complexity index is 1080. The van der Waals surface area contributed by atoms with Crippen molar-refractivity contribution < 1.29 is 14.0 Å². The summed E-state index contributed by atoms with van der Waals surface area (Å²) in [5.41, 5.74) is 3.87. The first-order chi connectivity index (χ1) is 16.5. The Balaban J connectivity index is 1.88. The molecule has 0 aliphatic heterocycles. The lowest BCUT2D eigenvalue weighted by Crippen LogP contribution is -2.07. The van der Waals surface area contributed by atoms with Crippen LogP contribution in [0.4, 0.5) is 0 Å². The second-order valence-electron chi connectivity index (χ2n) is 9.65. The minimum Gasteiger partial charge on any atom is -0.460 e. The van der Waals surface area contributed by atoms with Crippen molar-refractivity contribution in [2.24, 2.45) is 5.92 Å². The predicted molar refractivity (Wildman–Crippen MR) is 141 cm³/mol. The molecule has 3 heteroatoms. The molecule has 0 bridgehead atoms. The van der Waals surface area contributed by atoms with Crippen LogP contribution in [0.2, 0.25) is 0 Å². The fourth-order valence-corrected chi connectivity index (χ4v) is 4.73. The van der Waals surface area contributed by atoms with Crippen LogP contribution in [0.5, 0.6) is 0 Å². The molecule has 0 spiro atoms. The maximum absolute atomic E-state index is 13.7.